The highest BCUT2D eigenvalue weighted by atomic mass is 16.7. The number of piperazine rings is 1. The number of rotatable bonds is 3. The van der Waals surface area contributed by atoms with Gasteiger partial charge in [-0.05, 0) is 35.2 Å². The molecule has 3 aromatic rings. The molecule has 7 heteroatoms. The molecule has 1 fully saturated rings. The van der Waals surface area contributed by atoms with Gasteiger partial charge in [0.2, 0.25) is 18.6 Å². The molecule has 2 amide bonds. The highest BCUT2D eigenvalue weighted by Crippen LogP contribution is 2.44. The Morgan fingerprint density at radius 2 is 1.91 bits per heavy atom. The van der Waals surface area contributed by atoms with Crippen LogP contribution in [0.15, 0.2) is 42.5 Å². The summed E-state index contributed by atoms with van der Waals surface area (Å²) in [5.74, 6) is 1.67. The summed E-state index contributed by atoms with van der Waals surface area (Å²) in [5, 5.41) is 1.11. The molecule has 7 nitrogen and oxygen atoms in total. The second-order valence-electron chi connectivity index (χ2n) is 9.21. The lowest BCUT2D eigenvalue weighted by molar-refractivity contribution is -0.159. The zero-order chi connectivity index (χ0) is 22.0. The Kier molecular flexibility index (Phi) is 4.22. The Bertz CT molecular complexity index is 1250. The first-order valence-electron chi connectivity index (χ1n) is 11.1. The third-order valence-electron chi connectivity index (χ3n) is 6.64. The molecule has 1 aromatic heterocycles. The van der Waals surface area contributed by atoms with Gasteiger partial charge < -0.3 is 24.3 Å². The molecule has 3 aliphatic rings. The Morgan fingerprint density at radius 3 is 2.75 bits per heavy atom. The SMILES string of the molecule is CC(C)CN1CC(=O)N2[C@H](c3ccc4c(c3)OCO4)c3[nH]c4ccccc4c3C[C@@H]2C1=O. The number of H-pyrrole nitrogens is 1. The van der Waals surface area contributed by atoms with Crippen LogP contribution in [0.2, 0.25) is 0 Å². The van der Waals surface area contributed by atoms with Crippen LogP contribution in [0.25, 0.3) is 10.9 Å². The van der Waals surface area contributed by atoms with E-state index >= 15 is 0 Å². The van der Waals surface area contributed by atoms with Gasteiger partial charge in [-0.15, -0.1) is 0 Å². The van der Waals surface area contributed by atoms with Crippen LogP contribution in [-0.2, 0) is 16.0 Å². The van der Waals surface area contributed by atoms with Crippen LogP contribution in [0.4, 0.5) is 0 Å². The first-order chi connectivity index (χ1) is 15.5. The summed E-state index contributed by atoms with van der Waals surface area (Å²) in [6.45, 7) is 5.03. The molecule has 4 heterocycles. The Morgan fingerprint density at radius 1 is 1.09 bits per heavy atom. The summed E-state index contributed by atoms with van der Waals surface area (Å²) in [6, 6.07) is 13.0. The molecule has 0 saturated carbocycles. The van der Waals surface area contributed by atoms with Crippen LogP contribution in [0.3, 0.4) is 0 Å². The zero-order valence-electron chi connectivity index (χ0n) is 18.1. The number of benzene rings is 2. The van der Waals surface area contributed by atoms with Crippen molar-refractivity contribution in [3.05, 3.63) is 59.3 Å². The Labute approximate surface area is 185 Å². The van der Waals surface area contributed by atoms with Crippen molar-refractivity contribution in [1.82, 2.24) is 14.8 Å². The number of carbonyl (C=O) groups excluding carboxylic acids is 2. The topological polar surface area (TPSA) is 74.9 Å². The van der Waals surface area contributed by atoms with Gasteiger partial charge >= 0.3 is 0 Å². The van der Waals surface area contributed by atoms with Crippen molar-refractivity contribution in [2.24, 2.45) is 5.92 Å². The summed E-state index contributed by atoms with van der Waals surface area (Å²) in [6.07, 6.45) is 0.513. The van der Waals surface area contributed by atoms with Crippen molar-refractivity contribution >= 4 is 22.7 Å². The number of para-hydroxylation sites is 1. The largest absolute Gasteiger partial charge is 0.454 e. The van der Waals surface area contributed by atoms with E-state index in [9.17, 15) is 9.59 Å². The third kappa shape index (κ3) is 2.80. The van der Waals surface area contributed by atoms with Crippen molar-refractivity contribution in [2.45, 2.75) is 32.4 Å². The maximum absolute atomic E-state index is 13.5. The standard InChI is InChI=1S/C25H25N3O4/c1-14(2)11-27-12-22(29)28-19(25(27)30)10-17-16-5-3-4-6-18(16)26-23(17)24(28)15-7-8-20-21(9-15)32-13-31-20/h3-9,14,19,24,26H,10-13H2,1-2H3/t19-,24-/m1/s1. The average Bonchev–Trinajstić information content (AvgIpc) is 3.39. The van der Waals surface area contributed by atoms with E-state index in [1.807, 2.05) is 36.4 Å². The second-order valence-corrected chi connectivity index (χ2v) is 9.21. The van der Waals surface area contributed by atoms with E-state index in [1.165, 1.54) is 0 Å². The summed E-state index contributed by atoms with van der Waals surface area (Å²) in [4.78, 5) is 34.1. The highest BCUT2D eigenvalue weighted by Gasteiger charge is 2.48. The maximum Gasteiger partial charge on any atom is 0.246 e. The van der Waals surface area contributed by atoms with Gasteiger partial charge in [0, 0.05) is 29.6 Å². The van der Waals surface area contributed by atoms with E-state index in [-0.39, 0.29) is 31.2 Å². The number of amides is 2. The molecule has 2 atom stereocenters. The van der Waals surface area contributed by atoms with E-state index in [0.717, 1.165) is 27.7 Å². The van der Waals surface area contributed by atoms with E-state index in [4.69, 9.17) is 9.47 Å². The summed E-state index contributed by atoms with van der Waals surface area (Å²) < 4.78 is 11.1. The fourth-order valence-electron chi connectivity index (χ4n) is 5.35. The van der Waals surface area contributed by atoms with Crippen LogP contribution in [0.1, 0.15) is 36.7 Å². The summed E-state index contributed by atoms with van der Waals surface area (Å²) in [5.41, 5.74) is 4.00. The lowest BCUT2D eigenvalue weighted by Gasteiger charge is -2.47. The molecule has 1 N–H and O–H groups in total. The molecule has 0 spiro atoms. The average molecular weight is 431 g/mol. The third-order valence-corrected chi connectivity index (χ3v) is 6.64. The van der Waals surface area contributed by atoms with Crippen molar-refractivity contribution in [3.63, 3.8) is 0 Å². The van der Waals surface area contributed by atoms with E-state index in [1.54, 1.807) is 9.80 Å². The van der Waals surface area contributed by atoms with E-state index < -0.39 is 6.04 Å². The highest BCUT2D eigenvalue weighted by molar-refractivity contribution is 5.97. The number of aromatic nitrogens is 1. The van der Waals surface area contributed by atoms with Gasteiger partial charge in [-0.25, -0.2) is 0 Å². The minimum Gasteiger partial charge on any atom is -0.454 e. The molecule has 6 rings (SSSR count). The number of fused-ring (bicyclic) bond motifs is 5. The van der Waals surface area contributed by atoms with Crippen molar-refractivity contribution in [3.8, 4) is 11.5 Å². The fraction of sp³-hybridized carbons (Fsp3) is 0.360. The fourth-order valence-corrected chi connectivity index (χ4v) is 5.35. The monoisotopic (exact) mass is 431 g/mol. The Balaban J connectivity index is 1.52. The molecule has 0 radical (unpaired) electrons. The molecule has 164 valence electrons. The molecule has 32 heavy (non-hydrogen) atoms. The lowest BCUT2D eigenvalue weighted by atomic mass is 9.86. The van der Waals surface area contributed by atoms with Gasteiger partial charge in [0.25, 0.3) is 0 Å². The molecular weight excluding hydrogens is 406 g/mol. The molecule has 0 unspecified atom stereocenters. The van der Waals surface area contributed by atoms with Gasteiger partial charge in [0.1, 0.15) is 6.04 Å². The number of nitrogens with zero attached hydrogens (tertiary/aromatic N) is 2. The first-order valence-corrected chi connectivity index (χ1v) is 11.1. The van der Waals surface area contributed by atoms with Gasteiger partial charge in [0.05, 0.1) is 12.6 Å². The van der Waals surface area contributed by atoms with E-state index in [2.05, 4.69) is 24.9 Å². The number of carbonyl (C=O) groups is 2. The van der Waals surface area contributed by atoms with Gasteiger partial charge in [-0.3, -0.25) is 9.59 Å². The maximum atomic E-state index is 13.5. The van der Waals surface area contributed by atoms with Crippen LogP contribution in [0, 0.1) is 5.92 Å². The summed E-state index contributed by atoms with van der Waals surface area (Å²) >= 11 is 0. The second kappa shape index (κ2) is 7.02. The number of hydrogen-bond donors (Lipinski definition) is 1. The molecule has 1 saturated heterocycles. The quantitative estimate of drug-likeness (QED) is 0.691. The molecule has 2 aromatic carbocycles. The summed E-state index contributed by atoms with van der Waals surface area (Å²) in [7, 11) is 0. The Hall–Kier alpha value is -3.48. The van der Waals surface area contributed by atoms with Gasteiger partial charge in [0.15, 0.2) is 11.5 Å². The zero-order valence-corrected chi connectivity index (χ0v) is 18.1. The first kappa shape index (κ1) is 19.2. The van der Waals surface area contributed by atoms with Crippen molar-refractivity contribution < 1.29 is 19.1 Å². The number of hydrogen-bond acceptors (Lipinski definition) is 4. The smallest absolute Gasteiger partial charge is 0.246 e. The number of nitrogens with one attached hydrogen (secondary N) is 1. The normalized spacial score (nSPS) is 22.0. The number of ether oxygens (including phenoxy) is 2. The minimum absolute atomic E-state index is 0.0257. The predicted molar refractivity (Wildman–Crippen MR) is 118 cm³/mol. The van der Waals surface area contributed by atoms with E-state index in [0.29, 0.717) is 30.4 Å². The number of aromatic amines is 1. The van der Waals surface area contributed by atoms with Crippen LogP contribution < -0.4 is 9.47 Å². The molecule has 3 aliphatic heterocycles. The van der Waals surface area contributed by atoms with Crippen LogP contribution >= 0.6 is 0 Å². The van der Waals surface area contributed by atoms with Crippen molar-refractivity contribution in [1.29, 1.82) is 0 Å². The molecule has 0 bridgehead atoms. The van der Waals surface area contributed by atoms with Gasteiger partial charge in [-0.2, -0.15) is 0 Å². The molecular formula is C25H25N3O4. The predicted octanol–water partition coefficient (Wildman–Crippen LogP) is 3.24. The van der Waals surface area contributed by atoms with Crippen LogP contribution in [-0.4, -0.2) is 52.5 Å². The van der Waals surface area contributed by atoms with Crippen molar-refractivity contribution in [2.75, 3.05) is 19.9 Å². The van der Waals surface area contributed by atoms with Gasteiger partial charge in [-0.1, -0.05) is 38.1 Å². The lowest BCUT2D eigenvalue weighted by Crippen LogP contribution is -2.63. The molecule has 0 aliphatic carbocycles. The van der Waals surface area contributed by atoms with Crippen LogP contribution in [0.5, 0.6) is 11.5 Å². The minimum atomic E-state index is -0.517.